The zero-order valence-corrected chi connectivity index (χ0v) is 18.6. The topological polar surface area (TPSA) is 79.3 Å². The molecule has 0 spiro atoms. The molecular weight excluding hydrogens is 406 g/mol. The Morgan fingerprint density at radius 2 is 1.93 bits per heavy atom. The largest absolute Gasteiger partial charge is 0.341 e. The van der Waals surface area contributed by atoms with Crippen molar-refractivity contribution in [1.29, 1.82) is 0 Å². The predicted octanol–water partition coefficient (Wildman–Crippen LogP) is 2.84. The van der Waals surface area contributed by atoms with Crippen LogP contribution >= 0.6 is 23.1 Å². The van der Waals surface area contributed by atoms with E-state index in [0.717, 1.165) is 53.0 Å². The zero-order valence-electron chi connectivity index (χ0n) is 16.9. The molecule has 2 aromatic heterocycles. The summed E-state index contributed by atoms with van der Waals surface area (Å²) in [5.41, 5.74) is 1.93. The second-order valence-electron chi connectivity index (χ2n) is 7.56. The maximum atomic E-state index is 12.9. The van der Waals surface area contributed by atoms with Crippen molar-refractivity contribution in [3.05, 3.63) is 28.8 Å². The van der Waals surface area contributed by atoms with Crippen LogP contribution < -0.4 is 0 Å². The highest BCUT2D eigenvalue weighted by Gasteiger charge is 2.37. The fourth-order valence-corrected chi connectivity index (χ4v) is 6.34. The number of carbonyl (C=O) groups excluding carboxylic acids is 2. The average Bonchev–Trinajstić information content (AvgIpc) is 3.34. The number of likely N-dealkylation sites (tertiary alicyclic amines) is 1. The molecule has 9 heteroatoms. The van der Waals surface area contributed by atoms with Gasteiger partial charge in [-0.1, -0.05) is 0 Å². The third kappa shape index (κ3) is 4.16. The molecule has 0 radical (unpaired) electrons. The molecule has 1 atom stereocenters. The fourth-order valence-electron chi connectivity index (χ4n) is 3.93. The summed E-state index contributed by atoms with van der Waals surface area (Å²) < 4.78 is 0. The van der Waals surface area contributed by atoms with Crippen molar-refractivity contribution in [2.24, 2.45) is 0 Å². The van der Waals surface area contributed by atoms with Crippen molar-refractivity contribution in [3.8, 4) is 10.6 Å². The highest BCUT2D eigenvalue weighted by atomic mass is 32.2. The van der Waals surface area contributed by atoms with Crippen LogP contribution in [0.1, 0.15) is 42.2 Å². The molecule has 0 aliphatic carbocycles. The molecule has 0 N–H and O–H groups in total. The number of piperidine rings is 1. The third-order valence-corrected chi connectivity index (χ3v) is 7.90. The number of carbonyl (C=O) groups is 2. The lowest BCUT2D eigenvalue weighted by atomic mass is 9.97. The molecule has 29 heavy (non-hydrogen) atoms. The minimum absolute atomic E-state index is 0.0195. The van der Waals surface area contributed by atoms with Gasteiger partial charge in [-0.15, -0.1) is 23.1 Å². The number of aromatic nitrogens is 3. The molecule has 2 aromatic rings. The molecule has 0 unspecified atom stereocenters. The number of nitrogens with zero attached hydrogens (tertiary/aromatic N) is 5. The van der Waals surface area contributed by atoms with Gasteiger partial charge in [0.05, 0.1) is 27.1 Å². The fraction of sp³-hybridized carbons (Fsp3) is 0.550. The van der Waals surface area contributed by atoms with E-state index < -0.39 is 0 Å². The van der Waals surface area contributed by atoms with E-state index in [0.29, 0.717) is 17.5 Å². The number of thiazole rings is 1. The first-order valence-corrected chi connectivity index (χ1v) is 11.8. The molecule has 0 bridgehead atoms. The lowest BCUT2D eigenvalue weighted by molar-refractivity contribution is -0.143. The Morgan fingerprint density at radius 1 is 1.17 bits per heavy atom. The predicted molar refractivity (Wildman–Crippen MR) is 115 cm³/mol. The first-order chi connectivity index (χ1) is 13.9. The number of hydrogen-bond donors (Lipinski definition) is 0. The minimum atomic E-state index is -0.302. The summed E-state index contributed by atoms with van der Waals surface area (Å²) in [7, 11) is 0. The molecule has 2 aliphatic heterocycles. The summed E-state index contributed by atoms with van der Waals surface area (Å²) in [6.45, 7) is 6.90. The Morgan fingerprint density at radius 3 is 2.62 bits per heavy atom. The summed E-state index contributed by atoms with van der Waals surface area (Å²) in [6, 6.07) is 1.63. The third-order valence-electron chi connectivity index (χ3n) is 5.55. The molecule has 154 valence electrons. The molecule has 0 aromatic carbocycles. The van der Waals surface area contributed by atoms with Crippen LogP contribution in [0, 0.1) is 13.8 Å². The SMILES string of the molecule is CC(=O)N1CSC[C@H]1C(=O)N1CCC(c2nc(C)c(-c3ccnc(C)n3)s2)CC1. The molecule has 2 fully saturated rings. The summed E-state index contributed by atoms with van der Waals surface area (Å²) in [6.07, 6.45) is 3.59. The second kappa shape index (κ2) is 8.39. The number of aryl methyl sites for hydroxylation is 2. The highest BCUT2D eigenvalue weighted by Crippen LogP contribution is 2.37. The summed E-state index contributed by atoms with van der Waals surface area (Å²) in [4.78, 5) is 43.0. The Balaban J connectivity index is 1.42. The molecule has 2 amide bonds. The van der Waals surface area contributed by atoms with Crippen LogP contribution in [0.5, 0.6) is 0 Å². The quantitative estimate of drug-likeness (QED) is 0.744. The van der Waals surface area contributed by atoms with Crippen LogP contribution in [0.4, 0.5) is 0 Å². The van der Waals surface area contributed by atoms with Gasteiger partial charge in [-0.05, 0) is 32.8 Å². The van der Waals surface area contributed by atoms with Gasteiger partial charge in [0.1, 0.15) is 11.9 Å². The van der Waals surface area contributed by atoms with Crippen molar-refractivity contribution in [2.45, 2.75) is 45.6 Å². The van der Waals surface area contributed by atoms with E-state index in [9.17, 15) is 9.59 Å². The number of rotatable bonds is 3. The Hall–Kier alpha value is -2.00. The summed E-state index contributed by atoms with van der Waals surface area (Å²) >= 11 is 3.36. The van der Waals surface area contributed by atoms with Crippen LogP contribution in [0.15, 0.2) is 12.3 Å². The highest BCUT2D eigenvalue weighted by molar-refractivity contribution is 7.99. The van der Waals surface area contributed by atoms with Crippen LogP contribution in [0.2, 0.25) is 0 Å². The van der Waals surface area contributed by atoms with Crippen LogP contribution in [-0.2, 0) is 9.59 Å². The first-order valence-electron chi connectivity index (χ1n) is 9.85. The first kappa shape index (κ1) is 20.3. The number of thioether (sulfide) groups is 1. The maximum absolute atomic E-state index is 12.9. The number of hydrogen-bond acceptors (Lipinski definition) is 7. The molecule has 4 heterocycles. The Kier molecular flexibility index (Phi) is 5.87. The van der Waals surface area contributed by atoms with Crippen molar-refractivity contribution in [1.82, 2.24) is 24.8 Å². The van der Waals surface area contributed by atoms with E-state index in [1.54, 1.807) is 41.1 Å². The van der Waals surface area contributed by atoms with E-state index >= 15 is 0 Å². The van der Waals surface area contributed by atoms with Gasteiger partial charge in [0, 0.05) is 37.9 Å². The van der Waals surface area contributed by atoms with Gasteiger partial charge in [-0.2, -0.15) is 0 Å². The monoisotopic (exact) mass is 431 g/mol. The Labute approximate surface area is 178 Å². The van der Waals surface area contributed by atoms with Crippen molar-refractivity contribution in [3.63, 3.8) is 0 Å². The van der Waals surface area contributed by atoms with Gasteiger partial charge in [0.15, 0.2) is 0 Å². The standard InChI is InChI=1S/C20H25N5O2S2/c1-12-18(16-4-7-21-13(2)23-16)29-19(22-12)15-5-8-24(9-6-15)20(27)17-10-28-11-25(17)14(3)26/h4,7,15,17H,5-6,8-11H2,1-3H3/t17-/m0/s1. The minimum Gasteiger partial charge on any atom is -0.341 e. The molecule has 0 saturated carbocycles. The average molecular weight is 432 g/mol. The van der Waals surface area contributed by atoms with Gasteiger partial charge >= 0.3 is 0 Å². The van der Waals surface area contributed by atoms with E-state index in [1.165, 1.54) is 0 Å². The maximum Gasteiger partial charge on any atom is 0.246 e. The lowest BCUT2D eigenvalue weighted by Gasteiger charge is -2.34. The lowest BCUT2D eigenvalue weighted by Crippen LogP contribution is -2.50. The van der Waals surface area contributed by atoms with Crippen molar-refractivity contribution >= 4 is 34.9 Å². The normalized spacial score (nSPS) is 20.3. The smallest absolute Gasteiger partial charge is 0.246 e. The van der Waals surface area contributed by atoms with E-state index in [4.69, 9.17) is 4.98 Å². The van der Waals surface area contributed by atoms with Gasteiger partial charge in [-0.3, -0.25) is 9.59 Å². The van der Waals surface area contributed by atoms with E-state index in [1.807, 2.05) is 24.8 Å². The molecule has 2 saturated heterocycles. The number of amides is 2. The second-order valence-corrected chi connectivity index (χ2v) is 9.59. The zero-order chi connectivity index (χ0) is 20.5. The Bertz CT molecular complexity index is 923. The summed E-state index contributed by atoms with van der Waals surface area (Å²) in [5, 5.41) is 1.13. The van der Waals surface area contributed by atoms with Crippen molar-refractivity contribution in [2.75, 3.05) is 24.7 Å². The van der Waals surface area contributed by atoms with Gasteiger partial charge < -0.3 is 9.80 Å². The molecule has 7 nitrogen and oxygen atoms in total. The van der Waals surface area contributed by atoms with Gasteiger partial charge in [0.2, 0.25) is 11.8 Å². The van der Waals surface area contributed by atoms with Crippen LogP contribution in [0.25, 0.3) is 10.6 Å². The van der Waals surface area contributed by atoms with E-state index in [-0.39, 0.29) is 17.9 Å². The van der Waals surface area contributed by atoms with Crippen LogP contribution in [0.3, 0.4) is 0 Å². The van der Waals surface area contributed by atoms with Gasteiger partial charge in [-0.25, -0.2) is 15.0 Å². The molecular formula is C20H25N5O2S2. The molecule has 2 aliphatic rings. The van der Waals surface area contributed by atoms with Gasteiger partial charge in [0.25, 0.3) is 0 Å². The van der Waals surface area contributed by atoms with Crippen LogP contribution in [-0.4, -0.2) is 67.3 Å². The molecule has 4 rings (SSSR count). The van der Waals surface area contributed by atoms with E-state index in [2.05, 4.69) is 9.97 Å². The van der Waals surface area contributed by atoms with Crippen molar-refractivity contribution < 1.29 is 9.59 Å². The summed E-state index contributed by atoms with van der Waals surface area (Å²) in [5.74, 6) is 2.51.